The molecule has 1 aliphatic rings. The van der Waals surface area contributed by atoms with E-state index in [2.05, 4.69) is 40.3 Å². The third-order valence-electron chi connectivity index (χ3n) is 5.26. The number of nitrogen functional groups attached to an aromatic ring is 1. The van der Waals surface area contributed by atoms with Crippen LogP contribution in [0.1, 0.15) is 25.3 Å². The van der Waals surface area contributed by atoms with Crippen LogP contribution in [-0.4, -0.2) is 39.1 Å². The summed E-state index contributed by atoms with van der Waals surface area (Å²) in [6.07, 6.45) is 3.21. The van der Waals surface area contributed by atoms with Crippen molar-refractivity contribution in [3.63, 3.8) is 0 Å². The van der Waals surface area contributed by atoms with Gasteiger partial charge in [0.1, 0.15) is 10.6 Å². The van der Waals surface area contributed by atoms with Crippen LogP contribution >= 0.6 is 23.1 Å². The highest BCUT2D eigenvalue weighted by Gasteiger charge is 2.27. The van der Waals surface area contributed by atoms with E-state index in [1.54, 1.807) is 11.3 Å². The molecule has 0 radical (unpaired) electrons. The van der Waals surface area contributed by atoms with Crippen LogP contribution in [0.5, 0.6) is 0 Å². The number of hydrogen-bond donors (Lipinski definition) is 1. The normalized spacial score (nSPS) is 16.4. The van der Waals surface area contributed by atoms with Gasteiger partial charge in [-0.1, -0.05) is 42.1 Å². The van der Waals surface area contributed by atoms with Crippen molar-refractivity contribution in [2.24, 2.45) is 5.92 Å². The van der Waals surface area contributed by atoms with Gasteiger partial charge in [-0.25, -0.2) is 9.97 Å². The quantitative estimate of drug-likeness (QED) is 0.501. The van der Waals surface area contributed by atoms with E-state index >= 15 is 0 Å². The second-order valence-electron chi connectivity index (χ2n) is 7.25. The highest BCUT2D eigenvalue weighted by molar-refractivity contribution is 8.00. The number of hydrogen-bond acceptors (Lipinski definition) is 6. The smallest absolute Gasteiger partial charge is 0.235 e. The third kappa shape index (κ3) is 4.31. The van der Waals surface area contributed by atoms with Gasteiger partial charge in [-0.2, -0.15) is 0 Å². The molecule has 28 heavy (non-hydrogen) atoms. The van der Waals surface area contributed by atoms with Crippen LogP contribution in [-0.2, 0) is 11.2 Å². The number of rotatable bonds is 5. The molecular formula is C21H24N4OS2. The van der Waals surface area contributed by atoms with Gasteiger partial charge in [-0.3, -0.25) is 4.79 Å². The van der Waals surface area contributed by atoms with Crippen molar-refractivity contribution in [1.29, 1.82) is 0 Å². The summed E-state index contributed by atoms with van der Waals surface area (Å²) in [4.78, 5) is 24.7. The van der Waals surface area contributed by atoms with Crippen molar-refractivity contribution < 1.29 is 4.79 Å². The standard InChI is InChI=1S/C21H24N4OS2/c1-14(28-21-23-18(22)17-9-12-27-19(17)24-21)20(26)25-10-7-16(8-11-25)13-15-5-3-2-4-6-15/h2-6,9,12,14,16H,7-8,10-11,13H2,1H3,(H2,22,23,24). The molecule has 1 fully saturated rings. The summed E-state index contributed by atoms with van der Waals surface area (Å²) in [5.41, 5.74) is 7.41. The molecule has 3 aromatic rings. The molecule has 1 saturated heterocycles. The molecule has 1 aliphatic heterocycles. The number of carbonyl (C=O) groups is 1. The van der Waals surface area contributed by atoms with Crippen molar-refractivity contribution in [3.8, 4) is 0 Å². The zero-order valence-corrected chi connectivity index (χ0v) is 17.5. The fourth-order valence-corrected chi connectivity index (χ4v) is 5.37. The Hall–Kier alpha value is -2.12. The van der Waals surface area contributed by atoms with Crippen LogP contribution < -0.4 is 5.73 Å². The van der Waals surface area contributed by atoms with Gasteiger partial charge >= 0.3 is 0 Å². The summed E-state index contributed by atoms with van der Waals surface area (Å²) in [7, 11) is 0. The van der Waals surface area contributed by atoms with Crippen molar-refractivity contribution in [2.45, 2.75) is 36.6 Å². The van der Waals surface area contributed by atoms with E-state index in [-0.39, 0.29) is 11.2 Å². The lowest BCUT2D eigenvalue weighted by molar-refractivity contribution is -0.131. The summed E-state index contributed by atoms with van der Waals surface area (Å²) < 4.78 is 0. The summed E-state index contributed by atoms with van der Waals surface area (Å²) in [6, 6.07) is 12.5. The molecule has 0 aliphatic carbocycles. The molecule has 1 aromatic carbocycles. The van der Waals surface area contributed by atoms with Crippen LogP contribution in [0.3, 0.4) is 0 Å². The second kappa shape index (κ2) is 8.49. The number of piperidine rings is 1. The minimum atomic E-state index is -0.220. The highest BCUT2D eigenvalue weighted by Crippen LogP contribution is 2.29. The predicted octanol–water partition coefficient (Wildman–Crippen LogP) is 4.24. The molecule has 0 bridgehead atoms. The number of amides is 1. The lowest BCUT2D eigenvalue weighted by Gasteiger charge is -2.33. The Kier molecular flexibility index (Phi) is 5.82. The summed E-state index contributed by atoms with van der Waals surface area (Å²) in [5.74, 6) is 1.30. The molecule has 2 N–H and O–H groups in total. The van der Waals surface area contributed by atoms with E-state index in [0.29, 0.717) is 16.9 Å². The fraction of sp³-hybridized carbons (Fsp3) is 0.381. The van der Waals surface area contributed by atoms with Gasteiger partial charge < -0.3 is 10.6 Å². The van der Waals surface area contributed by atoms with E-state index in [1.165, 1.54) is 17.3 Å². The lowest BCUT2D eigenvalue weighted by atomic mass is 9.90. The zero-order valence-electron chi connectivity index (χ0n) is 15.9. The minimum absolute atomic E-state index is 0.164. The van der Waals surface area contributed by atoms with Crippen molar-refractivity contribution in [2.75, 3.05) is 18.8 Å². The van der Waals surface area contributed by atoms with Crippen LogP contribution in [0, 0.1) is 5.92 Å². The first-order chi connectivity index (χ1) is 13.6. The molecule has 1 amide bonds. The van der Waals surface area contributed by atoms with E-state index in [0.717, 1.165) is 42.6 Å². The van der Waals surface area contributed by atoms with Gasteiger partial charge in [0.2, 0.25) is 5.91 Å². The molecule has 0 spiro atoms. The molecule has 1 atom stereocenters. The van der Waals surface area contributed by atoms with Gasteiger partial charge in [0, 0.05) is 13.1 Å². The average Bonchev–Trinajstić information content (AvgIpc) is 3.18. The van der Waals surface area contributed by atoms with E-state index < -0.39 is 0 Å². The highest BCUT2D eigenvalue weighted by atomic mass is 32.2. The number of carbonyl (C=O) groups excluding carboxylic acids is 1. The number of nitrogens with two attached hydrogens (primary N) is 1. The Morgan fingerprint density at radius 2 is 2.00 bits per heavy atom. The van der Waals surface area contributed by atoms with Crippen LogP contribution in [0.15, 0.2) is 46.9 Å². The maximum atomic E-state index is 12.9. The lowest BCUT2D eigenvalue weighted by Crippen LogP contribution is -2.42. The first-order valence-electron chi connectivity index (χ1n) is 9.60. The topological polar surface area (TPSA) is 72.1 Å². The Balaban J connectivity index is 1.32. The van der Waals surface area contributed by atoms with Crippen LogP contribution in [0.25, 0.3) is 10.2 Å². The number of anilines is 1. The van der Waals surface area contributed by atoms with Crippen molar-refractivity contribution in [1.82, 2.24) is 14.9 Å². The number of benzene rings is 1. The van der Waals surface area contributed by atoms with Gasteiger partial charge in [0.25, 0.3) is 0 Å². The number of thioether (sulfide) groups is 1. The monoisotopic (exact) mass is 412 g/mol. The number of thiophene rings is 1. The van der Waals surface area contributed by atoms with Gasteiger partial charge in [0.15, 0.2) is 5.16 Å². The zero-order chi connectivity index (χ0) is 19.5. The Morgan fingerprint density at radius 3 is 2.75 bits per heavy atom. The van der Waals surface area contributed by atoms with Crippen LogP contribution in [0.4, 0.5) is 5.82 Å². The molecule has 5 nitrogen and oxygen atoms in total. The van der Waals surface area contributed by atoms with Gasteiger partial charge in [-0.15, -0.1) is 11.3 Å². The Labute approximate surface area is 173 Å². The Morgan fingerprint density at radius 1 is 1.25 bits per heavy atom. The molecule has 0 saturated carbocycles. The minimum Gasteiger partial charge on any atom is -0.383 e. The SMILES string of the molecule is CC(Sc1nc(N)c2ccsc2n1)C(=O)N1CCC(Cc2ccccc2)CC1. The molecule has 3 heterocycles. The summed E-state index contributed by atoms with van der Waals surface area (Å²) in [5, 5.41) is 3.20. The predicted molar refractivity (Wildman–Crippen MR) is 117 cm³/mol. The summed E-state index contributed by atoms with van der Waals surface area (Å²) >= 11 is 2.93. The van der Waals surface area contributed by atoms with E-state index in [1.807, 2.05) is 23.3 Å². The first-order valence-corrected chi connectivity index (χ1v) is 11.4. The second-order valence-corrected chi connectivity index (χ2v) is 9.45. The van der Waals surface area contributed by atoms with Crippen LogP contribution in [0.2, 0.25) is 0 Å². The third-order valence-corrected chi connectivity index (χ3v) is 7.01. The van der Waals surface area contributed by atoms with E-state index in [9.17, 15) is 4.79 Å². The number of aromatic nitrogens is 2. The summed E-state index contributed by atoms with van der Waals surface area (Å²) in [6.45, 7) is 3.59. The first kappa shape index (κ1) is 19.2. The Bertz CT molecular complexity index is 951. The van der Waals surface area contributed by atoms with Gasteiger partial charge in [-0.05, 0) is 49.1 Å². The number of likely N-dealkylation sites (tertiary alicyclic amines) is 1. The largest absolute Gasteiger partial charge is 0.383 e. The average molecular weight is 413 g/mol. The molecule has 1 unspecified atom stereocenters. The molecule has 4 rings (SSSR count). The molecule has 146 valence electrons. The molecule has 7 heteroatoms. The maximum Gasteiger partial charge on any atom is 0.235 e. The van der Waals surface area contributed by atoms with Crippen molar-refractivity contribution >= 4 is 45.0 Å². The van der Waals surface area contributed by atoms with E-state index in [4.69, 9.17) is 5.73 Å². The molecule has 2 aromatic heterocycles. The fourth-order valence-electron chi connectivity index (χ4n) is 3.68. The number of nitrogens with zero attached hydrogens (tertiary/aromatic N) is 3. The number of fused-ring (bicyclic) bond motifs is 1. The van der Waals surface area contributed by atoms with Gasteiger partial charge in [0.05, 0.1) is 10.6 Å². The molecular weight excluding hydrogens is 388 g/mol. The maximum absolute atomic E-state index is 12.9. The van der Waals surface area contributed by atoms with Crippen molar-refractivity contribution in [3.05, 3.63) is 47.3 Å².